The highest BCUT2D eigenvalue weighted by molar-refractivity contribution is 5.70. The molecule has 1 saturated carbocycles. The van der Waals surface area contributed by atoms with Crippen molar-refractivity contribution in [2.24, 2.45) is 11.8 Å². The molecule has 0 amide bonds. The number of carboxylic acids is 1. The molecule has 1 N–H and O–H groups in total. The van der Waals surface area contributed by atoms with Gasteiger partial charge in [0.05, 0.1) is 5.92 Å². The van der Waals surface area contributed by atoms with Crippen LogP contribution in [0.4, 0.5) is 0 Å². The van der Waals surface area contributed by atoms with Gasteiger partial charge < -0.3 is 9.84 Å². The second-order valence-corrected chi connectivity index (χ2v) is 3.77. The fraction of sp³-hybridized carbons (Fsp3) is 0.900. The van der Waals surface area contributed by atoms with Crippen LogP contribution >= 0.6 is 0 Å². The van der Waals surface area contributed by atoms with Crippen molar-refractivity contribution < 1.29 is 14.6 Å². The van der Waals surface area contributed by atoms with Crippen LogP contribution in [0, 0.1) is 11.8 Å². The highest BCUT2D eigenvalue weighted by Crippen LogP contribution is 2.34. The average Bonchev–Trinajstić information content (AvgIpc) is 2.53. The van der Waals surface area contributed by atoms with Crippen LogP contribution in [-0.2, 0) is 9.53 Å². The summed E-state index contributed by atoms with van der Waals surface area (Å²) in [4.78, 5) is 10.8. The van der Waals surface area contributed by atoms with Crippen LogP contribution in [0.2, 0.25) is 0 Å². The first-order valence-electron chi connectivity index (χ1n) is 4.97. The van der Waals surface area contributed by atoms with Gasteiger partial charge in [-0.15, -0.1) is 0 Å². The Hall–Kier alpha value is -0.570. The zero-order valence-corrected chi connectivity index (χ0v) is 8.16. The van der Waals surface area contributed by atoms with E-state index in [1.807, 2.05) is 0 Å². The summed E-state index contributed by atoms with van der Waals surface area (Å²) in [6.45, 7) is 0.753. The summed E-state index contributed by atoms with van der Waals surface area (Å²) in [5, 5.41) is 8.91. The molecule has 0 aliphatic heterocycles. The minimum atomic E-state index is -0.611. The number of aliphatic carboxylic acids is 1. The van der Waals surface area contributed by atoms with Crippen molar-refractivity contribution in [1.82, 2.24) is 0 Å². The van der Waals surface area contributed by atoms with Crippen LogP contribution in [0.15, 0.2) is 0 Å². The van der Waals surface area contributed by atoms with Gasteiger partial charge in [-0.2, -0.15) is 0 Å². The van der Waals surface area contributed by atoms with Crippen LogP contribution in [0.1, 0.15) is 32.1 Å². The second kappa shape index (κ2) is 5.22. The highest BCUT2D eigenvalue weighted by atomic mass is 16.5. The van der Waals surface area contributed by atoms with E-state index in [-0.39, 0.29) is 5.92 Å². The first-order valence-corrected chi connectivity index (χ1v) is 4.97. The smallest absolute Gasteiger partial charge is 0.306 e. The fourth-order valence-corrected chi connectivity index (χ4v) is 2.20. The lowest BCUT2D eigenvalue weighted by Gasteiger charge is -2.14. The Kier molecular flexibility index (Phi) is 4.22. The first-order chi connectivity index (χ1) is 6.25. The van der Waals surface area contributed by atoms with E-state index in [4.69, 9.17) is 9.84 Å². The molecule has 13 heavy (non-hydrogen) atoms. The molecule has 0 heterocycles. The third kappa shape index (κ3) is 2.99. The zero-order chi connectivity index (χ0) is 9.68. The number of hydrogen-bond donors (Lipinski definition) is 1. The van der Waals surface area contributed by atoms with E-state index >= 15 is 0 Å². The Morgan fingerprint density at radius 3 is 2.92 bits per heavy atom. The second-order valence-electron chi connectivity index (χ2n) is 3.77. The summed E-state index contributed by atoms with van der Waals surface area (Å²) in [5.74, 6) is -0.301. The van der Waals surface area contributed by atoms with Gasteiger partial charge in [0.1, 0.15) is 0 Å². The van der Waals surface area contributed by atoms with E-state index in [1.165, 1.54) is 0 Å². The predicted molar refractivity (Wildman–Crippen MR) is 49.6 cm³/mol. The van der Waals surface area contributed by atoms with Crippen LogP contribution in [0.5, 0.6) is 0 Å². The van der Waals surface area contributed by atoms with Gasteiger partial charge in [0, 0.05) is 13.7 Å². The van der Waals surface area contributed by atoms with Crippen LogP contribution in [-0.4, -0.2) is 24.8 Å². The predicted octanol–water partition coefficient (Wildman–Crippen LogP) is 1.91. The third-order valence-electron chi connectivity index (χ3n) is 2.90. The van der Waals surface area contributed by atoms with Crippen molar-refractivity contribution in [3.8, 4) is 0 Å². The molecule has 2 unspecified atom stereocenters. The number of rotatable bonds is 5. The number of ether oxygens (including phenoxy) is 1. The molecule has 0 radical (unpaired) electrons. The third-order valence-corrected chi connectivity index (χ3v) is 2.90. The summed E-state index contributed by atoms with van der Waals surface area (Å²) in [5.41, 5.74) is 0. The summed E-state index contributed by atoms with van der Waals surface area (Å²) < 4.78 is 4.95. The minimum absolute atomic E-state index is 0.0862. The molecule has 1 aliphatic carbocycles. The average molecular weight is 186 g/mol. The molecule has 0 saturated heterocycles. The zero-order valence-electron chi connectivity index (χ0n) is 8.16. The molecule has 0 aromatic rings. The van der Waals surface area contributed by atoms with Crippen molar-refractivity contribution in [3.63, 3.8) is 0 Å². The van der Waals surface area contributed by atoms with Crippen LogP contribution in [0.3, 0.4) is 0 Å². The van der Waals surface area contributed by atoms with Gasteiger partial charge in [-0.1, -0.05) is 6.42 Å². The molecule has 1 aliphatic rings. The summed E-state index contributed by atoms with van der Waals surface area (Å²) in [6, 6.07) is 0. The molecule has 3 nitrogen and oxygen atoms in total. The number of hydrogen-bond acceptors (Lipinski definition) is 2. The lowest BCUT2D eigenvalue weighted by atomic mass is 9.92. The maximum Gasteiger partial charge on any atom is 0.306 e. The molecular formula is C10H18O3. The summed E-state index contributed by atoms with van der Waals surface area (Å²) in [6.07, 6.45) is 5.03. The molecular weight excluding hydrogens is 168 g/mol. The van der Waals surface area contributed by atoms with Gasteiger partial charge in [0.15, 0.2) is 0 Å². The van der Waals surface area contributed by atoms with E-state index in [2.05, 4.69) is 0 Å². The van der Waals surface area contributed by atoms with Crippen LogP contribution < -0.4 is 0 Å². The van der Waals surface area contributed by atoms with E-state index < -0.39 is 5.97 Å². The number of carbonyl (C=O) groups is 1. The molecule has 3 heteroatoms. The molecule has 76 valence electrons. The van der Waals surface area contributed by atoms with Crippen molar-refractivity contribution in [2.45, 2.75) is 32.1 Å². The topological polar surface area (TPSA) is 46.5 Å². The molecule has 0 bridgehead atoms. The van der Waals surface area contributed by atoms with Gasteiger partial charge in [-0.3, -0.25) is 4.79 Å². The number of methoxy groups -OCH3 is 1. The minimum Gasteiger partial charge on any atom is -0.481 e. The van der Waals surface area contributed by atoms with E-state index in [9.17, 15) is 4.79 Å². The Bertz CT molecular complexity index is 168. The lowest BCUT2D eigenvalue weighted by Crippen LogP contribution is -2.18. The van der Waals surface area contributed by atoms with E-state index in [0.29, 0.717) is 5.92 Å². The van der Waals surface area contributed by atoms with Crippen LogP contribution in [0.25, 0.3) is 0 Å². The largest absolute Gasteiger partial charge is 0.481 e. The quantitative estimate of drug-likeness (QED) is 0.667. The Morgan fingerprint density at radius 2 is 2.31 bits per heavy atom. The molecule has 0 spiro atoms. The van der Waals surface area contributed by atoms with Crippen molar-refractivity contribution in [1.29, 1.82) is 0 Å². The number of carboxylic acid groups (broad SMARTS) is 1. The van der Waals surface area contributed by atoms with E-state index in [0.717, 1.165) is 38.7 Å². The lowest BCUT2D eigenvalue weighted by molar-refractivity contribution is -0.143. The van der Waals surface area contributed by atoms with Crippen molar-refractivity contribution >= 4 is 5.97 Å². The molecule has 1 fully saturated rings. The fourth-order valence-electron chi connectivity index (χ4n) is 2.20. The van der Waals surface area contributed by atoms with Gasteiger partial charge in [-0.25, -0.2) is 0 Å². The first kappa shape index (κ1) is 10.5. The summed E-state index contributed by atoms with van der Waals surface area (Å²) in [7, 11) is 1.68. The Labute approximate surface area is 79.1 Å². The molecule has 0 aromatic carbocycles. The van der Waals surface area contributed by atoms with Gasteiger partial charge in [0.25, 0.3) is 0 Å². The summed E-state index contributed by atoms with van der Waals surface area (Å²) >= 11 is 0. The molecule has 0 aromatic heterocycles. The maximum absolute atomic E-state index is 10.8. The van der Waals surface area contributed by atoms with E-state index in [1.54, 1.807) is 7.11 Å². The monoisotopic (exact) mass is 186 g/mol. The van der Waals surface area contributed by atoms with Crippen molar-refractivity contribution in [3.05, 3.63) is 0 Å². The highest BCUT2D eigenvalue weighted by Gasteiger charge is 2.31. The van der Waals surface area contributed by atoms with Gasteiger partial charge >= 0.3 is 5.97 Å². The Morgan fingerprint density at radius 1 is 1.54 bits per heavy atom. The normalized spacial score (nSPS) is 27.8. The van der Waals surface area contributed by atoms with Gasteiger partial charge in [0.2, 0.25) is 0 Å². The van der Waals surface area contributed by atoms with Crippen molar-refractivity contribution in [2.75, 3.05) is 13.7 Å². The molecule has 1 rings (SSSR count). The van der Waals surface area contributed by atoms with Gasteiger partial charge in [-0.05, 0) is 31.6 Å². The SMILES string of the molecule is COCCCC1CCCC1C(=O)O. The maximum atomic E-state index is 10.8. The Balaban J connectivity index is 2.27. The standard InChI is InChI=1S/C10H18O3/c1-13-7-3-5-8-4-2-6-9(8)10(11)12/h8-9H,2-7H2,1H3,(H,11,12). The molecule has 2 atom stereocenters.